The molecule has 0 unspecified atom stereocenters. The zero-order valence-electron chi connectivity index (χ0n) is 12.3. The molecule has 1 saturated carbocycles. The number of benzene rings is 1. The molecule has 1 aromatic heterocycles. The second-order valence-corrected chi connectivity index (χ2v) is 5.76. The lowest BCUT2D eigenvalue weighted by atomic mass is 10.1. The molecule has 1 N–H and O–H groups in total. The number of hydrogen-bond donors (Lipinski definition) is 1. The molecule has 1 fully saturated rings. The van der Waals surface area contributed by atoms with Gasteiger partial charge in [0, 0.05) is 17.7 Å². The zero-order valence-corrected chi connectivity index (χ0v) is 12.3. The molecule has 0 spiro atoms. The van der Waals surface area contributed by atoms with Crippen LogP contribution in [-0.2, 0) is 0 Å². The highest BCUT2D eigenvalue weighted by Crippen LogP contribution is 2.27. The van der Waals surface area contributed by atoms with E-state index in [0.29, 0.717) is 17.3 Å². The fraction of sp³-hybridized carbons (Fsp3) is 0.467. The van der Waals surface area contributed by atoms with E-state index < -0.39 is 0 Å². The van der Waals surface area contributed by atoms with Gasteiger partial charge < -0.3 is 5.32 Å². The molecule has 1 aliphatic carbocycles. The largest absolute Gasteiger partial charge is 0.352 e. The third kappa shape index (κ3) is 3.26. The summed E-state index contributed by atoms with van der Waals surface area (Å²) in [6, 6.07) is 7.49. The lowest BCUT2D eigenvalue weighted by Gasteiger charge is -2.04. The zero-order chi connectivity index (χ0) is 14.8. The smallest absolute Gasteiger partial charge is 0.251 e. The Morgan fingerprint density at radius 1 is 1.33 bits per heavy atom. The minimum absolute atomic E-state index is 0.0211. The van der Waals surface area contributed by atoms with E-state index in [1.807, 2.05) is 26.0 Å². The SMILES string of the molecule is CC(C)n1nnc(-c2ccc(C(=O)NCC3CC3)cc2)n1. The average molecular weight is 285 g/mol. The molecule has 0 aliphatic heterocycles. The van der Waals surface area contributed by atoms with E-state index in [-0.39, 0.29) is 11.9 Å². The Bertz CT molecular complexity index is 628. The Balaban J connectivity index is 1.68. The summed E-state index contributed by atoms with van der Waals surface area (Å²) >= 11 is 0. The summed E-state index contributed by atoms with van der Waals surface area (Å²) in [5, 5.41) is 15.3. The first kappa shape index (κ1) is 13.7. The lowest BCUT2D eigenvalue weighted by molar-refractivity contribution is 0.0952. The highest BCUT2D eigenvalue weighted by Gasteiger charge is 2.21. The fourth-order valence-electron chi connectivity index (χ4n) is 1.99. The summed E-state index contributed by atoms with van der Waals surface area (Å²) in [5.74, 6) is 1.24. The van der Waals surface area contributed by atoms with Gasteiger partial charge >= 0.3 is 0 Å². The number of carbonyl (C=O) groups is 1. The van der Waals surface area contributed by atoms with Gasteiger partial charge in [-0.2, -0.15) is 4.80 Å². The standard InChI is InChI=1S/C15H19N5O/c1-10(2)20-18-14(17-19-20)12-5-7-13(8-6-12)15(21)16-9-11-3-4-11/h5-8,10-11H,3-4,9H2,1-2H3,(H,16,21). The minimum atomic E-state index is -0.0211. The predicted molar refractivity (Wildman–Crippen MR) is 78.7 cm³/mol. The highest BCUT2D eigenvalue weighted by atomic mass is 16.1. The number of rotatable bonds is 5. The number of carbonyl (C=O) groups excluding carboxylic acids is 1. The highest BCUT2D eigenvalue weighted by molar-refractivity contribution is 5.94. The van der Waals surface area contributed by atoms with Crippen LogP contribution >= 0.6 is 0 Å². The van der Waals surface area contributed by atoms with Crippen LogP contribution in [0.15, 0.2) is 24.3 Å². The maximum absolute atomic E-state index is 12.0. The van der Waals surface area contributed by atoms with Gasteiger partial charge in [-0.3, -0.25) is 4.79 Å². The first-order chi connectivity index (χ1) is 10.1. The molecule has 21 heavy (non-hydrogen) atoms. The van der Waals surface area contributed by atoms with Crippen molar-refractivity contribution in [1.82, 2.24) is 25.5 Å². The van der Waals surface area contributed by atoms with Gasteiger partial charge in [0.25, 0.3) is 5.91 Å². The second kappa shape index (κ2) is 5.63. The summed E-state index contributed by atoms with van der Waals surface area (Å²) in [6.07, 6.45) is 2.47. The van der Waals surface area contributed by atoms with Gasteiger partial charge in [0.15, 0.2) is 0 Å². The molecular weight excluding hydrogens is 266 g/mol. The van der Waals surface area contributed by atoms with Gasteiger partial charge in [-0.15, -0.1) is 10.2 Å². The van der Waals surface area contributed by atoms with Crippen molar-refractivity contribution in [2.75, 3.05) is 6.54 Å². The van der Waals surface area contributed by atoms with Gasteiger partial charge in [-0.1, -0.05) is 12.1 Å². The lowest BCUT2D eigenvalue weighted by Crippen LogP contribution is -2.25. The van der Waals surface area contributed by atoms with Crippen LogP contribution in [0.4, 0.5) is 0 Å². The van der Waals surface area contributed by atoms with Crippen LogP contribution in [-0.4, -0.2) is 32.7 Å². The first-order valence-electron chi connectivity index (χ1n) is 7.31. The van der Waals surface area contributed by atoms with Crippen LogP contribution < -0.4 is 5.32 Å². The molecule has 1 amide bonds. The second-order valence-electron chi connectivity index (χ2n) is 5.76. The summed E-state index contributed by atoms with van der Waals surface area (Å²) in [7, 11) is 0. The van der Waals surface area contributed by atoms with E-state index in [0.717, 1.165) is 12.1 Å². The maximum atomic E-state index is 12.0. The van der Waals surface area contributed by atoms with Crippen LogP contribution in [0.1, 0.15) is 43.1 Å². The van der Waals surface area contributed by atoms with E-state index in [9.17, 15) is 4.79 Å². The van der Waals surface area contributed by atoms with E-state index in [1.165, 1.54) is 12.8 Å². The van der Waals surface area contributed by atoms with Gasteiger partial charge in [-0.25, -0.2) is 0 Å². The van der Waals surface area contributed by atoms with Crippen molar-refractivity contribution in [3.8, 4) is 11.4 Å². The summed E-state index contributed by atoms with van der Waals surface area (Å²) < 4.78 is 0. The van der Waals surface area contributed by atoms with Crippen LogP contribution in [0.5, 0.6) is 0 Å². The summed E-state index contributed by atoms with van der Waals surface area (Å²) in [6.45, 7) is 4.78. The van der Waals surface area contributed by atoms with Gasteiger partial charge in [0.05, 0.1) is 6.04 Å². The third-order valence-electron chi connectivity index (χ3n) is 3.54. The molecule has 110 valence electrons. The number of tetrazole rings is 1. The Morgan fingerprint density at radius 2 is 2.05 bits per heavy atom. The monoisotopic (exact) mass is 285 g/mol. The summed E-state index contributed by atoms with van der Waals surface area (Å²) in [4.78, 5) is 13.5. The van der Waals surface area contributed by atoms with E-state index in [2.05, 4.69) is 20.7 Å². The van der Waals surface area contributed by atoms with Crippen molar-refractivity contribution >= 4 is 5.91 Å². The normalized spacial score (nSPS) is 14.4. The van der Waals surface area contributed by atoms with Crippen molar-refractivity contribution in [3.05, 3.63) is 29.8 Å². The van der Waals surface area contributed by atoms with Crippen molar-refractivity contribution in [2.45, 2.75) is 32.7 Å². The van der Waals surface area contributed by atoms with Crippen molar-refractivity contribution in [2.24, 2.45) is 5.92 Å². The molecule has 3 rings (SSSR count). The molecule has 6 nitrogen and oxygen atoms in total. The topological polar surface area (TPSA) is 72.7 Å². The Morgan fingerprint density at radius 3 is 2.62 bits per heavy atom. The first-order valence-corrected chi connectivity index (χ1v) is 7.31. The van der Waals surface area contributed by atoms with Gasteiger partial charge in [0.1, 0.15) is 0 Å². The van der Waals surface area contributed by atoms with Gasteiger partial charge in [0.2, 0.25) is 5.82 Å². The number of nitrogens with one attached hydrogen (secondary N) is 1. The predicted octanol–water partition coefficient (Wildman–Crippen LogP) is 2.06. The van der Waals surface area contributed by atoms with E-state index in [1.54, 1.807) is 16.9 Å². The van der Waals surface area contributed by atoms with E-state index >= 15 is 0 Å². The maximum Gasteiger partial charge on any atom is 0.251 e. The molecule has 0 radical (unpaired) electrons. The molecule has 0 saturated heterocycles. The van der Waals surface area contributed by atoms with Crippen molar-refractivity contribution in [1.29, 1.82) is 0 Å². The van der Waals surface area contributed by atoms with Crippen LogP contribution in [0, 0.1) is 5.92 Å². The number of hydrogen-bond acceptors (Lipinski definition) is 4. The molecule has 0 bridgehead atoms. The fourth-order valence-corrected chi connectivity index (χ4v) is 1.99. The quantitative estimate of drug-likeness (QED) is 0.912. The molecule has 0 atom stereocenters. The van der Waals surface area contributed by atoms with Crippen LogP contribution in [0.2, 0.25) is 0 Å². The number of aromatic nitrogens is 4. The van der Waals surface area contributed by atoms with Crippen molar-refractivity contribution < 1.29 is 4.79 Å². The third-order valence-corrected chi connectivity index (χ3v) is 3.54. The molecular formula is C15H19N5O. The average Bonchev–Trinajstić information content (AvgIpc) is 3.18. The van der Waals surface area contributed by atoms with Crippen LogP contribution in [0.25, 0.3) is 11.4 Å². The van der Waals surface area contributed by atoms with Crippen LogP contribution in [0.3, 0.4) is 0 Å². The molecule has 6 heteroatoms. The Kier molecular flexibility index (Phi) is 3.68. The Labute approximate surface area is 123 Å². The molecule has 1 aromatic carbocycles. The minimum Gasteiger partial charge on any atom is -0.352 e. The molecule has 2 aromatic rings. The molecule has 1 heterocycles. The number of amides is 1. The van der Waals surface area contributed by atoms with E-state index in [4.69, 9.17) is 0 Å². The van der Waals surface area contributed by atoms with Gasteiger partial charge in [-0.05, 0) is 50.0 Å². The Hall–Kier alpha value is -2.24. The van der Waals surface area contributed by atoms with Crippen molar-refractivity contribution in [3.63, 3.8) is 0 Å². The summed E-state index contributed by atoms with van der Waals surface area (Å²) in [5.41, 5.74) is 1.52. The number of nitrogens with zero attached hydrogens (tertiary/aromatic N) is 4. The molecule has 1 aliphatic rings.